The van der Waals surface area contributed by atoms with E-state index in [-0.39, 0.29) is 29.8 Å². The van der Waals surface area contributed by atoms with E-state index in [0.717, 1.165) is 31.5 Å². The summed E-state index contributed by atoms with van der Waals surface area (Å²) in [5.74, 6) is 0.00587. The summed E-state index contributed by atoms with van der Waals surface area (Å²) in [6.45, 7) is 6.96. The van der Waals surface area contributed by atoms with Gasteiger partial charge in [0.05, 0.1) is 12.0 Å². The lowest BCUT2D eigenvalue weighted by Crippen LogP contribution is -2.51. The maximum Gasteiger partial charge on any atom is 0.228 e. The first-order valence-corrected chi connectivity index (χ1v) is 9.32. The summed E-state index contributed by atoms with van der Waals surface area (Å²) in [6, 6.07) is 4.12. The molecule has 3 atom stereocenters. The van der Waals surface area contributed by atoms with Gasteiger partial charge in [0.25, 0.3) is 0 Å². The first-order valence-electron chi connectivity index (χ1n) is 9.32. The number of carbonyl (C=O) groups excluding carboxylic acids is 2. The molecule has 6 nitrogen and oxygen atoms in total. The molecule has 0 aromatic carbocycles. The Morgan fingerprint density at radius 1 is 1.48 bits per heavy atom. The van der Waals surface area contributed by atoms with Gasteiger partial charge in [-0.15, -0.1) is 0 Å². The van der Waals surface area contributed by atoms with Gasteiger partial charge >= 0.3 is 0 Å². The van der Waals surface area contributed by atoms with E-state index < -0.39 is 0 Å². The SMILES string of the molecule is CCCC(C)N1CC(C(=O)N2CCNCC2c2cccnc2)CC1=O. The standard InChI is InChI=1S/C19H28N4O2/c1-3-5-14(2)23-13-16(10-18(23)24)19(25)22-9-8-21-12-17(22)15-6-4-7-20-11-15/h4,6-7,11,14,16-17,21H,3,5,8-10,12-13H2,1-2H3. The van der Waals surface area contributed by atoms with Crippen molar-refractivity contribution in [3.05, 3.63) is 30.1 Å². The number of amides is 2. The van der Waals surface area contributed by atoms with Crippen molar-refractivity contribution in [2.45, 2.75) is 45.2 Å². The van der Waals surface area contributed by atoms with Crippen LogP contribution in [0.3, 0.4) is 0 Å². The third kappa shape index (κ3) is 3.84. The molecule has 3 heterocycles. The average Bonchev–Trinajstić information content (AvgIpc) is 3.04. The lowest BCUT2D eigenvalue weighted by atomic mass is 10.0. The number of pyridine rings is 1. The zero-order chi connectivity index (χ0) is 17.8. The Morgan fingerprint density at radius 2 is 2.32 bits per heavy atom. The van der Waals surface area contributed by atoms with E-state index in [1.165, 1.54) is 0 Å². The fraction of sp³-hybridized carbons (Fsp3) is 0.632. The second-order valence-electron chi connectivity index (χ2n) is 7.12. The molecule has 3 rings (SSSR count). The zero-order valence-electron chi connectivity index (χ0n) is 15.1. The highest BCUT2D eigenvalue weighted by Crippen LogP contribution is 2.28. The molecule has 25 heavy (non-hydrogen) atoms. The Kier molecular flexibility index (Phi) is 5.68. The van der Waals surface area contributed by atoms with Crippen LogP contribution >= 0.6 is 0 Å². The molecule has 2 aliphatic heterocycles. The molecule has 2 aliphatic rings. The van der Waals surface area contributed by atoms with Crippen molar-refractivity contribution < 1.29 is 9.59 Å². The van der Waals surface area contributed by atoms with Crippen molar-refractivity contribution in [1.82, 2.24) is 20.1 Å². The molecule has 1 aromatic rings. The van der Waals surface area contributed by atoms with Gasteiger partial charge in [0.2, 0.25) is 11.8 Å². The third-order valence-corrected chi connectivity index (χ3v) is 5.34. The molecule has 2 fully saturated rings. The van der Waals surface area contributed by atoms with Crippen LogP contribution in [0.15, 0.2) is 24.5 Å². The molecule has 0 spiro atoms. The summed E-state index contributed by atoms with van der Waals surface area (Å²) >= 11 is 0. The summed E-state index contributed by atoms with van der Waals surface area (Å²) in [5, 5.41) is 3.36. The second kappa shape index (κ2) is 7.95. The Balaban J connectivity index is 1.72. The Morgan fingerprint density at radius 3 is 3.04 bits per heavy atom. The predicted octanol–water partition coefficient (Wildman–Crippen LogP) is 1.59. The summed E-state index contributed by atoms with van der Waals surface area (Å²) in [6.07, 6.45) is 5.95. The smallest absolute Gasteiger partial charge is 0.228 e. The normalized spacial score (nSPS) is 25.3. The number of likely N-dealkylation sites (tertiary alicyclic amines) is 1. The fourth-order valence-corrected chi connectivity index (χ4v) is 3.97. The molecule has 1 aromatic heterocycles. The highest BCUT2D eigenvalue weighted by atomic mass is 16.2. The quantitative estimate of drug-likeness (QED) is 0.881. The number of nitrogens with one attached hydrogen (secondary N) is 1. The minimum Gasteiger partial charge on any atom is -0.339 e. The van der Waals surface area contributed by atoms with Crippen LogP contribution in [0.1, 0.15) is 44.7 Å². The molecule has 136 valence electrons. The number of hydrogen-bond donors (Lipinski definition) is 1. The molecule has 6 heteroatoms. The Labute approximate surface area is 149 Å². The van der Waals surface area contributed by atoms with Crippen LogP contribution < -0.4 is 5.32 Å². The number of rotatable bonds is 5. The van der Waals surface area contributed by atoms with Crippen molar-refractivity contribution in [1.29, 1.82) is 0 Å². The largest absolute Gasteiger partial charge is 0.339 e. The number of piperazine rings is 1. The van der Waals surface area contributed by atoms with Gasteiger partial charge in [-0.2, -0.15) is 0 Å². The van der Waals surface area contributed by atoms with Crippen molar-refractivity contribution >= 4 is 11.8 Å². The number of carbonyl (C=O) groups is 2. The summed E-state index contributed by atoms with van der Waals surface area (Å²) in [7, 11) is 0. The van der Waals surface area contributed by atoms with E-state index in [2.05, 4.69) is 24.1 Å². The van der Waals surface area contributed by atoms with Gasteiger partial charge in [-0.05, 0) is 25.0 Å². The first-order chi connectivity index (χ1) is 12.1. The minimum absolute atomic E-state index is 0.00725. The van der Waals surface area contributed by atoms with Crippen LogP contribution in [-0.2, 0) is 9.59 Å². The second-order valence-corrected chi connectivity index (χ2v) is 7.12. The van der Waals surface area contributed by atoms with E-state index >= 15 is 0 Å². The monoisotopic (exact) mass is 344 g/mol. The molecule has 0 aliphatic carbocycles. The van der Waals surface area contributed by atoms with Gasteiger partial charge in [0.15, 0.2) is 0 Å². The fourth-order valence-electron chi connectivity index (χ4n) is 3.97. The molecule has 1 N–H and O–H groups in total. The number of aromatic nitrogens is 1. The first kappa shape index (κ1) is 17.9. The molecule has 0 bridgehead atoms. The van der Waals surface area contributed by atoms with Crippen LogP contribution in [0.4, 0.5) is 0 Å². The lowest BCUT2D eigenvalue weighted by Gasteiger charge is -2.38. The Bertz CT molecular complexity index is 607. The molecule has 2 saturated heterocycles. The van der Waals surface area contributed by atoms with Gasteiger partial charge in [-0.3, -0.25) is 14.6 Å². The van der Waals surface area contributed by atoms with Crippen LogP contribution in [0.2, 0.25) is 0 Å². The topological polar surface area (TPSA) is 65.5 Å². The molecule has 3 unspecified atom stereocenters. The lowest BCUT2D eigenvalue weighted by molar-refractivity contribution is -0.139. The molecule has 2 amide bonds. The van der Waals surface area contributed by atoms with E-state index in [9.17, 15) is 9.59 Å². The highest BCUT2D eigenvalue weighted by Gasteiger charge is 2.40. The van der Waals surface area contributed by atoms with Crippen molar-refractivity contribution in [2.24, 2.45) is 5.92 Å². The zero-order valence-corrected chi connectivity index (χ0v) is 15.1. The van der Waals surface area contributed by atoms with E-state index in [1.54, 1.807) is 6.20 Å². The highest BCUT2D eigenvalue weighted by molar-refractivity contribution is 5.89. The van der Waals surface area contributed by atoms with Crippen molar-refractivity contribution in [3.63, 3.8) is 0 Å². The van der Waals surface area contributed by atoms with Gasteiger partial charge in [-0.1, -0.05) is 19.4 Å². The van der Waals surface area contributed by atoms with Gasteiger partial charge in [-0.25, -0.2) is 0 Å². The maximum atomic E-state index is 13.2. The van der Waals surface area contributed by atoms with Crippen LogP contribution in [0.25, 0.3) is 0 Å². The molecular weight excluding hydrogens is 316 g/mol. The van der Waals surface area contributed by atoms with Crippen LogP contribution in [-0.4, -0.2) is 58.8 Å². The average molecular weight is 344 g/mol. The summed E-state index contributed by atoms with van der Waals surface area (Å²) in [4.78, 5) is 33.6. The number of hydrogen-bond acceptors (Lipinski definition) is 4. The van der Waals surface area contributed by atoms with Gasteiger partial charge < -0.3 is 15.1 Å². The summed E-state index contributed by atoms with van der Waals surface area (Å²) in [5.41, 5.74) is 1.04. The number of nitrogens with zero attached hydrogens (tertiary/aromatic N) is 3. The van der Waals surface area contributed by atoms with E-state index in [4.69, 9.17) is 0 Å². The van der Waals surface area contributed by atoms with Crippen molar-refractivity contribution in [2.75, 3.05) is 26.2 Å². The molecule has 0 radical (unpaired) electrons. The van der Waals surface area contributed by atoms with Crippen LogP contribution in [0.5, 0.6) is 0 Å². The van der Waals surface area contributed by atoms with Gasteiger partial charge in [0, 0.05) is 51.0 Å². The van der Waals surface area contributed by atoms with E-state index in [0.29, 0.717) is 19.5 Å². The Hall–Kier alpha value is -1.95. The third-order valence-electron chi connectivity index (χ3n) is 5.34. The summed E-state index contributed by atoms with van der Waals surface area (Å²) < 4.78 is 0. The van der Waals surface area contributed by atoms with Crippen molar-refractivity contribution in [3.8, 4) is 0 Å². The van der Waals surface area contributed by atoms with Gasteiger partial charge in [0.1, 0.15) is 0 Å². The van der Waals surface area contributed by atoms with E-state index in [1.807, 2.05) is 28.1 Å². The van der Waals surface area contributed by atoms with Crippen LogP contribution in [0, 0.1) is 5.92 Å². The minimum atomic E-state index is -0.218. The molecule has 0 saturated carbocycles. The predicted molar refractivity (Wildman–Crippen MR) is 95.8 cm³/mol. The maximum absolute atomic E-state index is 13.2. The molecular formula is C19H28N4O2.